The molecule has 3 aromatic carbocycles. The lowest BCUT2D eigenvalue weighted by Crippen LogP contribution is -2.13. The molecule has 36 heavy (non-hydrogen) atoms. The van der Waals surface area contributed by atoms with Crippen LogP contribution in [0.25, 0.3) is 6.08 Å². The maximum atomic E-state index is 12.7. The molecule has 0 fully saturated rings. The largest absolute Gasteiger partial charge is 0.497 e. The standard InChI is InChI=1S/C25H20Cl2N2O6S/c1-3-34-24-11-16(10-17(15-28)25(30)29-20-13-18(26)12-19(27)14-20)4-9-23(24)35-36(31,32)22-7-5-21(33-2)6-8-22/h4-14H,3H2,1-2H3,(H,29,30)/b17-10+. The van der Waals surface area contributed by atoms with Crippen LogP contribution in [0.4, 0.5) is 5.69 Å². The first kappa shape index (κ1) is 26.9. The molecule has 186 valence electrons. The summed E-state index contributed by atoms with van der Waals surface area (Å²) in [5, 5.41) is 12.7. The van der Waals surface area contributed by atoms with Crippen molar-refractivity contribution < 1.29 is 26.9 Å². The number of nitrogens with zero attached hydrogens (tertiary/aromatic N) is 1. The van der Waals surface area contributed by atoms with Gasteiger partial charge in [-0.25, -0.2) is 0 Å². The summed E-state index contributed by atoms with van der Waals surface area (Å²) in [5.41, 5.74) is 0.512. The summed E-state index contributed by atoms with van der Waals surface area (Å²) in [6, 6.07) is 16.4. The number of anilines is 1. The third kappa shape index (κ3) is 6.92. The SMILES string of the molecule is CCOc1cc(/C=C(\C#N)C(=O)Nc2cc(Cl)cc(Cl)c2)ccc1OS(=O)(=O)c1ccc(OC)cc1. The fraction of sp³-hybridized carbons (Fsp3) is 0.120. The van der Waals surface area contributed by atoms with E-state index in [9.17, 15) is 18.5 Å². The second kappa shape index (κ2) is 11.8. The Labute approximate surface area is 218 Å². The van der Waals surface area contributed by atoms with Gasteiger partial charge in [-0.3, -0.25) is 4.79 Å². The zero-order valence-electron chi connectivity index (χ0n) is 19.1. The molecular formula is C25H20Cl2N2O6S. The highest BCUT2D eigenvalue weighted by Crippen LogP contribution is 2.32. The van der Waals surface area contributed by atoms with Crippen LogP contribution in [-0.4, -0.2) is 28.0 Å². The van der Waals surface area contributed by atoms with Crippen molar-refractivity contribution in [1.29, 1.82) is 5.26 Å². The minimum atomic E-state index is -4.16. The third-order valence-electron chi connectivity index (χ3n) is 4.61. The number of rotatable bonds is 9. The van der Waals surface area contributed by atoms with Crippen LogP contribution in [0.2, 0.25) is 10.0 Å². The van der Waals surface area contributed by atoms with Crippen molar-refractivity contribution in [2.75, 3.05) is 19.0 Å². The van der Waals surface area contributed by atoms with Crippen LogP contribution < -0.4 is 19.0 Å². The van der Waals surface area contributed by atoms with E-state index >= 15 is 0 Å². The van der Waals surface area contributed by atoms with Gasteiger partial charge in [-0.15, -0.1) is 0 Å². The zero-order chi connectivity index (χ0) is 26.3. The molecular weight excluding hydrogens is 527 g/mol. The zero-order valence-corrected chi connectivity index (χ0v) is 21.4. The van der Waals surface area contributed by atoms with E-state index in [1.165, 1.54) is 73.8 Å². The van der Waals surface area contributed by atoms with Crippen LogP contribution in [0.15, 0.2) is 71.1 Å². The summed E-state index contributed by atoms with van der Waals surface area (Å²) in [7, 11) is -2.69. The molecule has 3 aromatic rings. The van der Waals surface area contributed by atoms with Crippen LogP contribution in [0, 0.1) is 11.3 Å². The van der Waals surface area contributed by atoms with E-state index in [0.717, 1.165) is 0 Å². The lowest BCUT2D eigenvalue weighted by Gasteiger charge is -2.13. The number of methoxy groups -OCH3 is 1. The van der Waals surface area contributed by atoms with Crippen LogP contribution in [0.3, 0.4) is 0 Å². The molecule has 11 heteroatoms. The average molecular weight is 547 g/mol. The smallest absolute Gasteiger partial charge is 0.339 e. The monoisotopic (exact) mass is 546 g/mol. The van der Waals surface area contributed by atoms with Gasteiger partial charge in [-0.2, -0.15) is 13.7 Å². The number of benzene rings is 3. The van der Waals surface area contributed by atoms with Gasteiger partial charge in [-0.1, -0.05) is 29.3 Å². The number of hydrogen-bond donors (Lipinski definition) is 1. The van der Waals surface area contributed by atoms with E-state index in [1.807, 2.05) is 6.07 Å². The lowest BCUT2D eigenvalue weighted by molar-refractivity contribution is -0.112. The number of ether oxygens (including phenoxy) is 2. The number of nitriles is 1. The molecule has 1 amide bonds. The van der Waals surface area contributed by atoms with Gasteiger partial charge in [0.1, 0.15) is 22.3 Å². The Morgan fingerprint density at radius 1 is 1.03 bits per heavy atom. The van der Waals surface area contributed by atoms with E-state index < -0.39 is 16.0 Å². The average Bonchev–Trinajstić information content (AvgIpc) is 2.83. The number of amides is 1. The van der Waals surface area contributed by atoms with Gasteiger partial charge in [0.05, 0.1) is 13.7 Å². The highest BCUT2D eigenvalue weighted by Gasteiger charge is 2.20. The van der Waals surface area contributed by atoms with Gasteiger partial charge >= 0.3 is 10.1 Å². The van der Waals surface area contributed by atoms with Gasteiger partial charge < -0.3 is 19.0 Å². The molecule has 0 radical (unpaired) electrons. The number of carbonyl (C=O) groups excluding carboxylic acids is 1. The van der Waals surface area contributed by atoms with Crippen LogP contribution >= 0.6 is 23.2 Å². The summed E-state index contributed by atoms with van der Waals surface area (Å²) in [5.74, 6) is -0.129. The molecule has 0 saturated carbocycles. The molecule has 0 aliphatic rings. The Kier molecular flexibility index (Phi) is 8.83. The Morgan fingerprint density at radius 3 is 2.28 bits per heavy atom. The van der Waals surface area contributed by atoms with Crippen molar-refractivity contribution in [3.8, 4) is 23.3 Å². The quantitative estimate of drug-likeness (QED) is 0.207. The topological polar surface area (TPSA) is 115 Å². The summed E-state index contributed by atoms with van der Waals surface area (Å²) in [4.78, 5) is 12.5. The second-order valence-corrected chi connectivity index (χ2v) is 9.55. The first-order valence-corrected chi connectivity index (χ1v) is 12.6. The van der Waals surface area contributed by atoms with E-state index in [-0.39, 0.29) is 28.6 Å². The molecule has 0 heterocycles. The van der Waals surface area contributed by atoms with Crippen LogP contribution in [0.5, 0.6) is 17.2 Å². The predicted molar refractivity (Wildman–Crippen MR) is 137 cm³/mol. The molecule has 3 rings (SSSR count). The maximum absolute atomic E-state index is 12.7. The van der Waals surface area contributed by atoms with Crippen molar-refractivity contribution in [3.63, 3.8) is 0 Å². The summed E-state index contributed by atoms with van der Waals surface area (Å²) < 4.78 is 41.3. The molecule has 0 bridgehead atoms. The van der Waals surface area contributed by atoms with Crippen LogP contribution in [-0.2, 0) is 14.9 Å². The second-order valence-electron chi connectivity index (χ2n) is 7.13. The number of hydrogen-bond acceptors (Lipinski definition) is 7. The van der Waals surface area contributed by atoms with E-state index in [1.54, 1.807) is 6.92 Å². The Bertz CT molecular complexity index is 1430. The first-order valence-electron chi connectivity index (χ1n) is 10.4. The molecule has 1 N–H and O–H groups in total. The Balaban J connectivity index is 1.87. The molecule has 8 nitrogen and oxygen atoms in total. The van der Waals surface area contributed by atoms with Crippen LogP contribution in [0.1, 0.15) is 12.5 Å². The van der Waals surface area contributed by atoms with E-state index in [2.05, 4.69) is 5.32 Å². The highest BCUT2D eigenvalue weighted by molar-refractivity contribution is 7.87. The highest BCUT2D eigenvalue weighted by atomic mass is 35.5. The summed E-state index contributed by atoms with van der Waals surface area (Å²) in [6.07, 6.45) is 1.33. The van der Waals surface area contributed by atoms with Gasteiger partial charge in [0.15, 0.2) is 11.5 Å². The lowest BCUT2D eigenvalue weighted by atomic mass is 10.1. The van der Waals surface area contributed by atoms with Crippen molar-refractivity contribution in [2.24, 2.45) is 0 Å². The maximum Gasteiger partial charge on any atom is 0.339 e. The number of carbonyl (C=O) groups is 1. The van der Waals surface area contributed by atoms with E-state index in [0.29, 0.717) is 27.0 Å². The van der Waals surface area contributed by atoms with Gasteiger partial charge in [0.2, 0.25) is 0 Å². The molecule has 0 aliphatic carbocycles. The minimum Gasteiger partial charge on any atom is -0.497 e. The number of halogens is 2. The minimum absolute atomic E-state index is 0.0543. The molecule has 0 unspecified atom stereocenters. The van der Waals surface area contributed by atoms with Gasteiger partial charge in [0, 0.05) is 15.7 Å². The van der Waals surface area contributed by atoms with E-state index in [4.69, 9.17) is 36.9 Å². The summed E-state index contributed by atoms with van der Waals surface area (Å²) >= 11 is 11.9. The Morgan fingerprint density at radius 2 is 1.69 bits per heavy atom. The Hall–Kier alpha value is -3.71. The molecule has 0 aromatic heterocycles. The van der Waals surface area contributed by atoms with Gasteiger partial charge in [0.25, 0.3) is 5.91 Å². The molecule has 0 atom stereocenters. The molecule has 0 spiro atoms. The molecule has 0 saturated heterocycles. The van der Waals surface area contributed by atoms with Crippen molar-refractivity contribution in [3.05, 3.63) is 81.8 Å². The summed E-state index contributed by atoms with van der Waals surface area (Å²) in [6.45, 7) is 1.93. The van der Waals surface area contributed by atoms with Crippen molar-refractivity contribution in [1.82, 2.24) is 0 Å². The fourth-order valence-electron chi connectivity index (χ4n) is 3.00. The van der Waals surface area contributed by atoms with Crippen molar-refractivity contribution >= 4 is 51.0 Å². The van der Waals surface area contributed by atoms with Gasteiger partial charge in [-0.05, 0) is 73.2 Å². The third-order valence-corrected chi connectivity index (χ3v) is 6.30. The normalized spacial score (nSPS) is 11.4. The predicted octanol–water partition coefficient (Wildman–Crippen LogP) is 5.71. The van der Waals surface area contributed by atoms with Crippen molar-refractivity contribution in [2.45, 2.75) is 11.8 Å². The molecule has 0 aliphatic heterocycles. The number of nitrogens with one attached hydrogen (secondary N) is 1. The first-order chi connectivity index (χ1) is 17.1. The fourth-order valence-corrected chi connectivity index (χ4v) is 4.47.